The first-order valence-electron chi connectivity index (χ1n) is 6.28. The number of fused-ring (bicyclic) bond motifs is 3. The normalized spacial score (nSPS) is 16.4. The number of benzene rings is 2. The molecule has 0 saturated heterocycles. The molecule has 0 heterocycles. The Morgan fingerprint density at radius 1 is 1.12 bits per heavy atom. The molecule has 0 atom stereocenters. The summed E-state index contributed by atoms with van der Waals surface area (Å²) >= 11 is 0. The Kier molecular flexibility index (Phi) is 2.56. The van der Waals surface area contributed by atoms with Gasteiger partial charge in [0.2, 0.25) is 0 Å². The first kappa shape index (κ1) is 10.3. The number of allylic oxidation sites excluding steroid dienone is 3. The van der Waals surface area contributed by atoms with Gasteiger partial charge in [-0.1, -0.05) is 61.5 Å². The van der Waals surface area contributed by atoms with Crippen molar-refractivity contribution in [3.63, 3.8) is 0 Å². The third-order valence-electron chi connectivity index (χ3n) is 3.39. The molecule has 0 radical (unpaired) electrons. The lowest BCUT2D eigenvalue weighted by molar-refractivity contribution is 1.20. The van der Waals surface area contributed by atoms with E-state index >= 15 is 0 Å². The Hall–Kier alpha value is -1.82. The van der Waals surface area contributed by atoms with Crippen LogP contribution in [0.3, 0.4) is 0 Å². The van der Waals surface area contributed by atoms with Crippen LogP contribution in [0.5, 0.6) is 0 Å². The predicted molar refractivity (Wildman–Crippen MR) is 75.9 cm³/mol. The highest BCUT2D eigenvalue weighted by Gasteiger charge is 2.11. The van der Waals surface area contributed by atoms with Crippen molar-refractivity contribution >= 4 is 22.4 Å². The van der Waals surface area contributed by atoms with E-state index in [9.17, 15) is 0 Å². The highest BCUT2D eigenvalue weighted by Crippen LogP contribution is 2.34. The third kappa shape index (κ3) is 1.70. The molecule has 0 aliphatic heterocycles. The molecule has 2 aromatic rings. The number of hydrogen-bond donors (Lipinski definition) is 0. The number of rotatable bonds is 1. The highest BCUT2D eigenvalue weighted by atomic mass is 14.2. The van der Waals surface area contributed by atoms with E-state index in [-0.39, 0.29) is 0 Å². The zero-order valence-electron chi connectivity index (χ0n) is 10.1. The van der Waals surface area contributed by atoms with Gasteiger partial charge in [-0.15, -0.1) is 0 Å². The Morgan fingerprint density at radius 3 is 2.88 bits per heavy atom. The van der Waals surface area contributed by atoms with E-state index in [1.807, 2.05) is 0 Å². The molecule has 3 rings (SSSR count). The molecule has 0 unspecified atom stereocenters. The van der Waals surface area contributed by atoms with Crippen LogP contribution in [0.2, 0.25) is 0 Å². The average Bonchev–Trinajstić information content (AvgIpc) is 2.39. The second kappa shape index (κ2) is 4.21. The molecule has 2 aromatic carbocycles. The van der Waals surface area contributed by atoms with Crippen LogP contribution in [0, 0.1) is 0 Å². The van der Waals surface area contributed by atoms with Gasteiger partial charge in [0.1, 0.15) is 0 Å². The van der Waals surface area contributed by atoms with E-state index in [4.69, 9.17) is 0 Å². The van der Waals surface area contributed by atoms with E-state index in [0.717, 1.165) is 12.8 Å². The molecule has 1 aliphatic rings. The molecule has 1 aliphatic carbocycles. The van der Waals surface area contributed by atoms with E-state index in [0.29, 0.717) is 0 Å². The van der Waals surface area contributed by atoms with Crippen molar-refractivity contribution in [3.8, 4) is 0 Å². The highest BCUT2D eigenvalue weighted by molar-refractivity contribution is 5.97. The van der Waals surface area contributed by atoms with Crippen molar-refractivity contribution in [2.75, 3.05) is 0 Å². The minimum Gasteiger partial charge on any atom is -0.0807 e. The molecule has 0 nitrogen and oxygen atoms in total. The van der Waals surface area contributed by atoms with Gasteiger partial charge in [0, 0.05) is 0 Å². The minimum absolute atomic E-state index is 1.07. The largest absolute Gasteiger partial charge is 0.0807 e. The molecule has 0 N–H and O–H groups in total. The Balaban J connectivity index is 2.31. The zero-order valence-corrected chi connectivity index (χ0v) is 10.1. The molecular weight excluding hydrogens is 204 g/mol. The summed E-state index contributed by atoms with van der Waals surface area (Å²) in [7, 11) is 0. The third-order valence-corrected chi connectivity index (χ3v) is 3.39. The molecule has 17 heavy (non-hydrogen) atoms. The fourth-order valence-electron chi connectivity index (χ4n) is 2.61. The van der Waals surface area contributed by atoms with Crippen LogP contribution in [0.15, 0.2) is 48.6 Å². The summed E-state index contributed by atoms with van der Waals surface area (Å²) in [5.74, 6) is 0. The van der Waals surface area contributed by atoms with Gasteiger partial charge < -0.3 is 0 Å². The quantitative estimate of drug-likeness (QED) is 0.631. The van der Waals surface area contributed by atoms with Crippen LogP contribution in [-0.4, -0.2) is 0 Å². The fourth-order valence-corrected chi connectivity index (χ4v) is 2.61. The lowest BCUT2D eigenvalue weighted by Gasteiger charge is -2.16. The lowest BCUT2D eigenvalue weighted by Crippen LogP contribution is -1.94. The average molecular weight is 220 g/mol. The summed E-state index contributed by atoms with van der Waals surface area (Å²) in [5, 5.41) is 2.69. The number of hydrogen-bond acceptors (Lipinski definition) is 0. The van der Waals surface area contributed by atoms with Crippen LogP contribution in [0.4, 0.5) is 0 Å². The van der Waals surface area contributed by atoms with Gasteiger partial charge in [-0.05, 0) is 40.3 Å². The van der Waals surface area contributed by atoms with Crippen LogP contribution in [0.25, 0.3) is 22.4 Å². The maximum atomic E-state index is 2.34. The zero-order chi connectivity index (χ0) is 11.7. The van der Waals surface area contributed by atoms with E-state index in [2.05, 4.69) is 61.5 Å². The first-order chi connectivity index (χ1) is 8.40. The molecule has 0 bridgehead atoms. The molecular formula is C17H16. The van der Waals surface area contributed by atoms with Crippen LogP contribution in [0.1, 0.15) is 30.9 Å². The van der Waals surface area contributed by atoms with Gasteiger partial charge in [0.05, 0.1) is 0 Å². The summed E-state index contributed by atoms with van der Waals surface area (Å²) in [6.07, 6.45) is 9.06. The van der Waals surface area contributed by atoms with Gasteiger partial charge in [-0.25, -0.2) is 0 Å². The van der Waals surface area contributed by atoms with Crippen molar-refractivity contribution in [3.05, 3.63) is 59.7 Å². The summed E-state index contributed by atoms with van der Waals surface area (Å²) in [6.45, 7) is 2.20. The Bertz CT molecular complexity index is 615. The van der Waals surface area contributed by atoms with Crippen molar-refractivity contribution in [2.24, 2.45) is 0 Å². The van der Waals surface area contributed by atoms with E-state index < -0.39 is 0 Å². The van der Waals surface area contributed by atoms with Gasteiger partial charge in [-0.2, -0.15) is 0 Å². The summed E-state index contributed by atoms with van der Waals surface area (Å²) in [4.78, 5) is 0. The summed E-state index contributed by atoms with van der Waals surface area (Å²) in [5.41, 5.74) is 4.26. The van der Waals surface area contributed by atoms with E-state index in [1.54, 1.807) is 0 Å². The van der Waals surface area contributed by atoms with E-state index in [1.165, 1.54) is 27.5 Å². The first-order valence-corrected chi connectivity index (χ1v) is 6.28. The fraction of sp³-hybridized carbons (Fsp3) is 0.176. The van der Waals surface area contributed by atoms with Gasteiger partial charge in [0.25, 0.3) is 0 Å². The summed E-state index contributed by atoms with van der Waals surface area (Å²) in [6, 6.07) is 13.1. The maximum Gasteiger partial charge on any atom is -0.00911 e. The maximum absolute atomic E-state index is 2.34. The Morgan fingerprint density at radius 2 is 2.00 bits per heavy atom. The second-order valence-electron chi connectivity index (χ2n) is 4.49. The topological polar surface area (TPSA) is 0 Å². The molecule has 0 aromatic heterocycles. The monoisotopic (exact) mass is 220 g/mol. The van der Waals surface area contributed by atoms with Crippen molar-refractivity contribution < 1.29 is 0 Å². The van der Waals surface area contributed by atoms with Crippen LogP contribution >= 0.6 is 0 Å². The van der Waals surface area contributed by atoms with Crippen LogP contribution in [-0.2, 0) is 0 Å². The molecule has 0 saturated carbocycles. The van der Waals surface area contributed by atoms with Gasteiger partial charge in [0.15, 0.2) is 0 Å². The predicted octanol–water partition coefficient (Wildman–Crippen LogP) is 5.05. The smallest absolute Gasteiger partial charge is 0.00911 e. The van der Waals surface area contributed by atoms with Crippen molar-refractivity contribution in [1.82, 2.24) is 0 Å². The summed E-state index contributed by atoms with van der Waals surface area (Å²) < 4.78 is 0. The second-order valence-corrected chi connectivity index (χ2v) is 4.49. The lowest BCUT2D eigenvalue weighted by atomic mass is 9.88. The minimum atomic E-state index is 1.07. The standard InChI is InChI=1S/C17H16/c1-2-6-13-8-5-10-17-15-9-4-3-7-14(15)11-12-16(13)17/h3-7,9-12H,2,8H2,1H3. The van der Waals surface area contributed by atoms with Gasteiger partial charge in [-0.3, -0.25) is 0 Å². The van der Waals surface area contributed by atoms with Crippen molar-refractivity contribution in [2.45, 2.75) is 19.8 Å². The molecule has 0 spiro atoms. The van der Waals surface area contributed by atoms with Crippen LogP contribution < -0.4 is 0 Å². The molecule has 0 fully saturated rings. The Labute approximate surface area is 102 Å². The van der Waals surface area contributed by atoms with Gasteiger partial charge >= 0.3 is 0 Å². The molecule has 0 heteroatoms. The molecule has 0 amide bonds. The molecule has 84 valence electrons. The van der Waals surface area contributed by atoms with Crippen molar-refractivity contribution in [1.29, 1.82) is 0 Å². The SMILES string of the molecule is CCC=C1CC=Cc2c1ccc1ccccc21.